The molecule has 1 N–H and O–H groups in total. The van der Waals surface area contributed by atoms with E-state index in [-0.39, 0.29) is 19.4 Å². The number of nitrogens with one attached hydrogen (secondary N) is 1. The molecule has 0 atom stereocenters. The fraction of sp³-hybridized carbons (Fsp3) is 0.571. The van der Waals surface area contributed by atoms with Gasteiger partial charge in [-0.1, -0.05) is 19.1 Å². The fourth-order valence-corrected chi connectivity index (χ4v) is 1.92. The molecule has 0 heterocycles. The van der Waals surface area contributed by atoms with Gasteiger partial charge in [0.1, 0.15) is 11.3 Å². The van der Waals surface area contributed by atoms with Crippen molar-refractivity contribution < 1.29 is 17.9 Å². The molecular weight excluding hydrogens is 255 g/mol. The molecule has 1 saturated carbocycles. The molecule has 1 aliphatic carbocycles. The quantitative estimate of drug-likeness (QED) is 0.854. The van der Waals surface area contributed by atoms with Crippen LogP contribution in [0.25, 0.3) is 0 Å². The van der Waals surface area contributed by atoms with Crippen LogP contribution < -0.4 is 10.1 Å². The SMILES string of the molecule is CCCOc1cccc(CNC2(C(F)(F)F)CC2)c1. The number of hydrogen-bond acceptors (Lipinski definition) is 2. The first-order valence-electron chi connectivity index (χ1n) is 6.50. The third kappa shape index (κ3) is 3.41. The summed E-state index contributed by atoms with van der Waals surface area (Å²) in [6.07, 6.45) is -2.92. The van der Waals surface area contributed by atoms with Crippen LogP contribution in [-0.2, 0) is 6.54 Å². The molecule has 0 spiro atoms. The van der Waals surface area contributed by atoms with Gasteiger partial charge >= 0.3 is 6.18 Å². The zero-order valence-corrected chi connectivity index (χ0v) is 10.9. The Morgan fingerprint density at radius 3 is 2.63 bits per heavy atom. The summed E-state index contributed by atoms with van der Waals surface area (Å²) >= 11 is 0. The minimum Gasteiger partial charge on any atom is -0.494 e. The molecular formula is C14H18F3NO. The van der Waals surface area contributed by atoms with Crippen molar-refractivity contribution in [2.24, 2.45) is 0 Å². The van der Waals surface area contributed by atoms with Gasteiger partial charge in [-0.2, -0.15) is 13.2 Å². The lowest BCUT2D eigenvalue weighted by molar-refractivity contribution is -0.166. The molecule has 1 aliphatic rings. The highest BCUT2D eigenvalue weighted by Gasteiger charge is 2.62. The summed E-state index contributed by atoms with van der Waals surface area (Å²) in [7, 11) is 0. The van der Waals surface area contributed by atoms with E-state index in [1.165, 1.54) is 0 Å². The molecule has 2 rings (SSSR count). The molecule has 2 nitrogen and oxygen atoms in total. The van der Waals surface area contributed by atoms with Gasteiger partial charge in [0.05, 0.1) is 6.61 Å². The molecule has 0 unspecified atom stereocenters. The Balaban J connectivity index is 1.93. The maximum atomic E-state index is 12.8. The van der Waals surface area contributed by atoms with Gasteiger partial charge in [0.25, 0.3) is 0 Å². The predicted molar refractivity (Wildman–Crippen MR) is 67.1 cm³/mol. The minimum absolute atomic E-state index is 0.169. The van der Waals surface area contributed by atoms with E-state index in [2.05, 4.69) is 5.32 Å². The molecule has 0 amide bonds. The molecule has 0 bridgehead atoms. The number of rotatable bonds is 6. The molecule has 106 valence electrons. The number of alkyl halides is 3. The molecule has 0 aliphatic heterocycles. The lowest BCUT2D eigenvalue weighted by atomic mass is 10.2. The molecule has 19 heavy (non-hydrogen) atoms. The summed E-state index contributed by atoms with van der Waals surface area (Å²) < 4.78 is 43.7. The lowest BCUT2D eigenvalue weighted by Crippen LogP contribution is -2.44. The van der Waals surface area contributed by atoms with Crippen LogP contribution in [0.4, 0.5) is 13.2 Å². The van der Waals surface area contributed by atoms with E-state index in [0.29, 0.717) is 12.4 Å². The zero-order valence-electron chi connectivity index (χ0n) is 10.9. The lowest BCUT2D eigenvalue weighted by Gasteiger charge is -2.20. The average Bonchev–Trinajstić information content (AvgIpc) is 3.15. The standard InChI is InChI=1S/C14H18F3NO/c1-2-8-19-12-5-3-4-11(9-12)10-18-13(6-7-13)14(15,16)17/h3-5,9,18H,2,6-8,10H2,1H3. The topological polar surface area (TPSA) is 21.3 Å². The van der Waals surface area contributed by atoms with Crippen molar-refractivity contribution in [3.8, 4) is 5.75 Å². The van der Waals surface area contributed by atoms with Crippen LogP contribution in [0.2, 0.25) is 0 Å². The maximum Gasteiger partial charge on any atom is 0.406 e. The number of halogens is 3. The summed E-state index contributed by atoms with van der Waals surface area (Å²) in [5.41, 5.74) is -0.850. The van der Waals surface area contributed by atoms with Gasteiger partial charge in [-0.3, -0.25) is 5.32 Å². The highest BCUT2D eigenvalue weighted by Crippen LogP contribution is 2.49. The van der Waals surface area contributed by atoms with Gasteiger partial charge in [-0.05, 0) is 37.0 Å². The highest BCUT2D eigenvalue weighted by molar-refractivity contribution is 5.29. The van der Waals surface area contributed by atoms with E-state index < -0.39 is 11.7 Å². The van der Waals surface area contributed by atoms with Crippen molar-refractivity contribution in [2.75, 3.05) is 6.61 Å². The van der Waals surface area contributed by atoms with Crippen molar-refractivity contribution >= 4 is 0 Å². The second-order valence-corrected chi connectivity index (χ2v) is 4.93. The van der Waals surface area contributed by atoms with Crippen molar-refractivity contribution in [1.82, 2.24) is 5.32 Å². The van der Waals surface area contributed by atoms with Crippen molar-refractivity contribution in [3.63, 3.8) is 0 Å². The number of ether oxygens (including phenoxy) is 1. The van der Waals surface area contributed by atoms with E-state index in [1.807, 2.05) is 13.0 Å². The Morgan fingerprint density at radius 1 is 1.32 bits per heavy atom. The molecule has 0 radical (unpaired) electrons. The summed E-state index contributed by atoms with van der Waals surface area (Å²) in [6.45, 7) is 2.83. The van der Waals surface area contributed by atoms with Crippen molar-refractivity contribution in [3.05, 3.63) is 29.8 Å². The van der Waals surface area contributed by atoms with Crippen molar-refractivity contribution in [2.45, 2.75) is 44.4 Å². The first-order chi connectivity index (χ1) is 8.97. The van der Waals surface area contributed by atoms with Gasteiger partial charge in [-0.15, -0.1) is 0 Å². The van der Waals surface area contributed by atoms with Gasteiger partial charge in [0, 0.05) is 6.54 Å². The average molecular weight is 273 g/mol. The molecule has 1 fully saturated rings. The molecule has 1 aromatic carbocycles. The molecule has 0 saturated heterocycles. The Hall–Kier alpha value is -1.23. The van der Waals surface area contributed by atoms with Crippen LogP contribution in [0.1, 0.15) is 31.7 Å². The minimum atomic E-state index is -4.16. The van der Waals surface area contributed by atoms with Crippen LogP contribution in [0.3, 0.4) is 0 Å². The van der Waals surface area contributed by atoms with E-state index in [0.717, 1.165) is 12.0 Å². The Morgan fingerprint density at radius 2 is 2.05 bits per heavy atom. The van der Waals surface area contributed by atoms with Gasteiger partial charge in [0.2, 0.25) is 0 Å². The van der Waals surface area contributed by atoms with Crippen LogP contribution in [0, 0.1) is 0 Å². The Kier molecular flexibility index (Phi) is 4.04. The van der Waals surface area contributed by atoms with Gasteiger partial charge < -0.3 is 4.74 Å². The predicted octanol–water partition coefficient (Wildman–Crippen LogP) is 3.66. The van der Waals surface area contributed by atoms with Crippen LogP contribution >= 0.6 is 0 Å². The number of hydrogen-bond donors (Lipinski definition) is 1. The van der Waals surface area contributed by atoms with Crippen LogP contribution in [0.15, 0.2) is 24.3 Å². The van der Waals surface area contributed by atoms with Crippen LogP contribution in [-0.4, -0.2) is 18.3 Å². The fourth-order valence-electron chi connectivity index (χ4n) is 1.92. The van der Waals surface area contributed by atoms with E-state index >= 15 is 0 Å². The van der Waals surface area contributed by atoms with Gasteiger partial charge in [0.15, 0.2) is 0 Å². The number of benzene rings is 1. The third-order valence-electron chi connectivity index (χ3n) is 3.29. The van der Waals surface area contributed by atoms with E-state index in [1.54, 1.807) is 18.2 Å². The Labute approximate surface area is 111 Å². The summed E-state index contributed by atoms with van der Waals surface area (Å²) in [6, 6.07) is 7.21. The first kappa shape index (κ1) is 14.2. The third-order valence-corrected chi connectivity index (χ3v) is 3.29. The second-order valence-electron chi connectivity index (χ2n) is 4.93. The van der Waals surface area contributed by atoms with Crippen LogP contribution in [0.5, 0.6) is 5.75 Å². The summed E-state index contributed by atoms with van der Waals surface area (Å²) in [5.74, 6) is 0.706. The largest absolute Gasteiger partial charge is 0.494 e. The van der Waals surface area contributed by atoms with Gasteiger partial charge in [-0.25, -0.2) is 0 Å². The molecule has 5 heteroatoms. The monoisotopic (exact) mass is 273 g/mol. The molecule has 0 aromatic heterocycles. The summed E-state index contributed by atoms with van der Waals surface area (Å²) in [4.78, 5) is 0. The van der Waals surface area contributed by atoms with E-state index in [4.69, 9.17) is 4.74 Å². The summed E-state index contributed by atoms with van der Waals surface area (Å²) in [5, 5.41) is 2.63. The first-order valence-corrected chi connectivity index (χ1v) is 6.50. The Bertz CT molecular complexity index is 427. The highest BCUT2D eigenvalue weighted by atomic mass is 19.4. The van der Waals surface area contributed by atoms with E-state index in [9.17, 15) is 13.2 Å². The zero-order chi connectivity index (χ0) is 13.9. The second kappa shape index (κ2) is 5.41. The maximum absolute atomic E-state index is 12.8. The molecule has 1 aromatic rings. The normalized spacial score (nSPS) is 17.3. The smallest absolute Gasteiger partial charge is 0.406 e. The van der Waals surface area contributed by atoms with Crippen molar-refractivity contribution in [1.29, 1.82) is 0 Å².